The van der Waals surface area contributed by atoms with Crippen LogP contribution >= 0.6 is 11.8 Å². The summed E-state index contributed by atoms with van der Waals surface area (Å²) in [4.78, 5) is 12.9. The summed E-state index contributed by atoms with van der Waals surface area (Å²) >= 11 is 1.74. The number of amides is 1. The molecule has 0 radical (unpaired) electrons. The second kappa shape index (κ2) is 7.77. The number of furan rings is 1. The molecule has 0 spiro atoms. The second-order valence-corrected chi connectivity index (χ2v) is 5.24. The third-order valence-corrected chi connectivity index (χ3v) is 3.66. The molecule has 0 saturated heterocycles. The summed E-state index contributed by atoms with van der Waals surface area (Å²) < 4.78 is 5.02. The molecule has 0 fully saturated rings. The van der Waals surface area contributed by atoms with Gasteiger partial charge in [0.15, 0.2) is 5.76 Å². The Balaban J connectivity index is 1.62. The van der Waals surface area contributed by atoms with E-state index in [4.69, 9.17) is 4.42 Å². The Morgan fingerprint density at radius 1 is 1.30 bits per heavy atom. The van der Waals surface area contributed by atoms with Gasteiger partial charge in [0.2, 0.25) is 0 Å². The molecule has 5 heteroatoms. The predicted octanol–water partition coefficient (Wildman–Crippen LogP) is 1.49. The Morgan fingerprint density at radius 2 is 2.10 bits per heavy atom. The molecule has 2 aromatic rings. The third kappa shape index (κ3) is 4.43. The van der Waals surface area contributed by atoms with E-state index in [1.165, 1.54) is 16.7 Å². The minimum atomic E-state index is -0.160. The van der Waals surface area contributed by atoms with Crippen LogP contribution in [0.3, 0.4) is 0 Å². The van der Waals surface area contributed by atoms with E-state index >= 15 is 0 Å². The zero-order valence-corrected chi connectivity index (χ0v) is 12.3. The normalized spacial score (nSPS) is 10.4. The molecule has 1 aromatic carbocycles. The van der Waals surface area contributed by atoms with Crippen molar-refractivity contribution in [3.8, 4) is 0 Å². The van der Waals surface area contributed by atoms with Gasteiger partial charge in [-0.3, -0.25) is 4.79 Å². The van der Waals surface area contributed by atoms with E-state index in [-0.39, 0.29) is 5.91 Å². The molecule has 1 aromatic heterocycles. The lowest BCUT2D eigenvalue weighted by atomic mass is 10.2. The van der Waals surface area contributed by atoms with Crippen LogP contribution in [0.5, 0.6) is 0 Å². The van der Waals surface area contributed by atoms with Gasteiger partial charge in [-0.15, -0.1) is 11.8 Å². The van der Waals surface area contributed by atoms with Crippen LogP contribution in [0.4, 0.5) is 0 Å². The smallest absolute Gasteiger partial charge is 0.287 e. The van der Waals surface area contributed by atoms with Crippen molar-refractivity contribution in [1.29, 1.82) is 0 Å². The first-order valence-corrected chi connectivity index (χ1v) is 7.78. The van der Waals surface area contributed by atoms with Crippen LogP contribution < -0.4 is 10.6 Å². The summed E-state index contributed by atoms with van der Waals surface area (Å²) in [6.45, 7) is 2.39. The van der Waals surface area contributed by atoms with Crippen molar-refractivity contribution in [3.63, 3.8) is 0 Å². The topological polar surface area (TPSA) is 58.9 Å². The fourth-order valence-corrected chi connectivity index (χ4v) is 2.22. The van der Waals surface area contributed by atoms with Crippen LogP contribution in [0.25, 0.3) is 0 Å². The molecule has 3 N–H and O–H groups in total. The van der Waals surface area contributed by atoms with Gasteiger partial charge < -0.3 is 15.1 Å². The van der Waals surface area contributed by atoms with E-state index in [1.807, 2.05) is 0 Å². The van der Waals surface area contributed by atoms with Gasteiger partial charge in [0.05, 0.1) is 19.4 Å². The van der Waals surface area contributed by atoms with E-state index in [9.17, 15) is 4.79 Å². The second-order valence-electron chi connectivity index (χ2n) is 4.36. The van der Waals surface area contributed by atoms with Crippen molar-refractivity contribution in [3.05, 3.63) is 54.0 Å². The highest BCUT2D eigenvalue weighted by Crippen LogP contribution is 2.14. The van der Waals surface area contributed by atoms with Crippen molar-refractivity contribution in [2.75, 3.05) is 19.3 Å². The molecule has 1 heterocycles. The Labute approximate surface area is 122 Å². The van der Waals surface area contributed by atoms with Gasteiger partial charge in [0.1, 0.15) is 6.54 Å². The number of quaternary nitrogens is 1. The average molecular weight is 291 g/mol. The largest absolute Gasteiger partial charge is 0.459 e. The predicted molar refractivity (Wildman–Crippen MR) is 79.8 cm³/mol. The number of hydrogen-bond donors (Lipinski definition) is 2. The lowest BCUT2D eigenvalue weighted by molar-refractivity contribution is -0.668. The van der Waals surface area contributed by atoms with Gasteiger partial charge in [-0.05, 0) is 30.5 Å². The number of nitrogens with one attached hydrogen (secondary N) is 1. The van der Waals surface area contributed by atoms with Gasteiger partial charge in [-0.2, -0.15) is 0 Å². The lowest BCUT2D eigenvalue weighted by Crippen LogP contribution is -2.84. The van der Waals surface area contributed by atoms with Gasteiger partial charge >= 0.3 is 0 Å². The van der Waals surface area contributed by atoms with Crippen LogP contribution in [0.15, 0.2) is 52.0 Å². The van der Waals surface area contributed by atoms with Crippen molar-refractivity contribution in [1.82, 2.24) is 5.32 Å². The van der Waals surface area contributed by atoms with Crippen LogP contribution in [-0.2, 0) is 6.54 Å². The summed E-state index contributed by atoms with van der Waals surface area (Å²) in [7, 11) is 0. The molecule has 1 amide bonds. The summed E-state index contributed by atoms with van der Waals surface area (Å²) in [6, 6.07) is 11.9. The van der Waals surface area contributed by atoms with Crippen molar-refractivity contribution in [2.45, 2.75) is 11.4 Å². The number of carbonyl (C=O) groups excluding carboxylic acids is 1. The van der Waals surface area contributed by atoms with Crippen molar-refractivity contribution >= 4 is 17.7 Å². The maximum Gasteiger partial charge on any atom is 0.287 e. The van der Waals surface area contributed by atoms with Crippen LogP contribution in [0.2, 0.25) is 0 Å². The first-order valence-electron chi connectivity index (χ1n) is 6.56. The molecule has 0 aliphatic rings. The number of rotatable bonds is 7. The summed E-state index contributed by atoms with van der Waals surface area (Å²) in [5.41, 5.74) is 1.29. The van der Waals surface area contributed by atoms with Gasteiger partial charge in [-0.1, -0.05) is 12.1 Å². The summed E-state index contributed by atoms with van der Waals surface area (Å²) in [5, 5.41) is 5.00. The minimum Gasteiger partial charge on any atom is -0.459 e. The number of nitrogens with two attached hydrogens (primary N) is 1. The maximum absolute atomic E-state index is 11.6. The summed E-state index contributed by atoms with van der Waals surface area (Å²) in [6.07, 6.45) is 3.57. The average Bonchev–Trinajstić information content (AvgIpc) is 3.01. The highest BCUT2D eigenvalue weighted by molar-refractivity contribution is 7.98. The molecule has 106 valence electrons. The van der Waals surface area contributed by atoms with E-state index in [2.05, 4.69) is 41.2 Å². The van der Waals surface area contributed by atoms with Crippen LogP contribution in [-0.4, -0.2) is 25.3 Å². The molecular weight excluding hydrogens is 272 g/mol. The van der Waals surface area contributed by atoms with E-state index in [0.717, 1.165) is 13.1 Å². The SMILES string of the molecule is CSc1ccc(C[NH2+]CCNC(=O)c2ccco2)cc1. The first-order chi connectivity index (χ1) is 9.79. The van der Waals surface area contributed by atoms with Gasteiger partial charge in [-0.25, -0.2) is 0 Å². The van der Waals surface area contributed by atoms with Gasteiger partial charge in [0, 0.05) is 10.5 Å². The zero-order valence-electron chi connectivity index (χ0n) is 11.5. The van der Waals surface area contributed by atoms with E-state index < -0.39 is 0 Å². The van der Waals surface area contributed by atoms with E-state index in [1.54, 1.807) is 23.9 Å². The Morgan fingerprint density at radius 3 is 2.75 bits per heavy atom. The molecule has 20 heavy (non-hydrogen) atoms. The standard InChI is InChI=1S/C15H18N2O2S/c1-20-13-6-4-12(5-7-13)11-16-8-9-17-15(18)14-3-2-10-19-14/h2-7,10,16H,8-9,11H2,1H3,(H,17,18)/p+1. The lowest BCUT2D eigenvalue weighted by Gasteiger charge is -2.04. The molecule has 0 bridgehead atoms. The molecule has 0 aliphatic carbocycles. The van der Waals surface area contributed by atoms with Crippen molar-refractivity contribution in [2.24, 2.45) is 0 Å². The molecular formula is C15H19N2O2S+. The number of thioether (sulfide) groups is 1. The number of hydrogen-bond acceptors (Lipinski definition) is 3. The fourth-order valence-electron chi connectivity index (χ4n) is 1.81. The van der Waals surface area contributed by atoms with Crippen molar-refractivity contribution < 1.29 is 14.5 Å². The molecule has 2 rings (SSSR count). The Hall–Kier alpha value is -1.72. The minimum absolute atomic E-state index is 0.160. The fraction of sp³-hybridized carbons (Fsp3) is 0.267. The highest BCUT2D eigenvalue weighted by Gasteiger charge is 2.06. The number of benzene rings is 1. The molecule has 0 atom stereocenters. The highest BCUT2D eigenvalue weighted by atomic mass is 32.2. The van der Waals surface area contributed by atoms with Crippen LogP contribution in [0.1, 0.15) is 16.1 Å². The van der Waals surface area contributed by atoms with Gasteiger partial charge in [0.25, 0.3) is 5.91 Å². The molecule has 4 nitrogen and oxygen atoms in total. The number of carbonyl (C=O) groups is 1. The summed E-state index contributed by atoms with van der Waals surface area (Å²) in [5.74, 6) is 0.199. The quantitative estimate of drug-likeness (QED) is 0.600. The molecule has 0 aliphatic heterocycles. The van der Waals surface area contributed by atoms with Crippen LogP contribution in [0, 0.1) is 0 Å². The molecule has 0 saturated carbocycles. The molecule has 0 unspecified atom stereocenters. The maximum atomic E-state index is 11.6. The third-order valence-electron chi connectivity index (χ3n) is 2.92. The van der Waals surface area contributed by atoms with E-state index in [0.29, 0.717) is 12.3 Å². The Bertz CT molecular complexity index is 523. The monoisotopic (exact) mass is 291 g/mol. The Kier molecular flexibility index (Phi) is 5.70. The zero-order chi connectivity index (χ0) is 14.2. The first kappa shape index (κ1) is 14.7.